The van der Waals surface area contributed by atoms with Gasteiger partial charge in [0.15, 0.2) is 0 Å². The number of likely N-dealkylation sites (tertiary alicyclic amines) is 1. The van der Waals surface area contributed by atoms with Crippen molar-refractivity contribution >= 4 is 11.8 Å². The van der Waals surface area contributed by atoms with Gasteiger partial charge in [-0.3, -0.25) is 24.9 Å². The fourth-order valence-electron chi connectivity index (χ4n) is 3.84. The van der Waals surface area contributed by atoms with Gasteiger partial charge in [-0.15, -0.1) is 0 Å². The monoisotopic (exact) mass is 362 g/mol. The highest BCUT2D eigenvalue weighted by Gasteiger charge is 2.30. The standard InChI is InChI=1S/C18H30N6O2/c1-11-10-17(26)21-18(19-11)24-8-6-14(7-9-24)20-16(25)5-4-15-12(2)22-23-13(15)3/h11,14,18-19H,4-10H2,1-3H3,(H,20,25)(H,21,26)(H,22,23). The Hall–Kier alpha value is -1.93. The molecule has 1 aromatic rings. The van der Waals surface area contributed by atoms with Crippen LogP contribution in [0.15, 0.2) is 0 Å². The molecular weight excluding hydrogens is 332 g/mol. The number of aromatic nitrogens is 2. The summed E-state index contributed by atoms with van der Waals surface area (Å²) < 4.78 is 0. The summed E-state index contributed by atoms with van der Waals surface area (Å²) >= 11 is 0. The normalized spacial score (nSPS) is 25.1. The summed E-state index contributed by atoms with van der Waals surface area (Å²) in [5, 5.41) is 16.7. The van der Waals surface area contributed by atoms with Gasteiger partial charge in [0.25, 0.3) is 0 Å². The van der Waals surface area contributed by atoms with Gasteiger partial charge < -0.3 is 10.6 Å². The second kappa shape index (κ2) is 8.18. The van der Waals surface area contributed by atoms with Gasteiger partial charge in [0.05, 0.1) is 5.69 Å². The summed E-state index contributed by atoms with van der Waals surface area (Å²) in [6.07, 6.45) is 3.44. The zero-order valence-electron chi connectivity index (χ0n) is 15.9. The van der Waals surface area contributed by atoms with Crippen LogP contribution < -0.4 is 16.0 Å². The van der Waals surface area contributed by atoms with Crippen molar-refractivity contribution in [1.82, 2.24) is 31.0 Å². The van der Waals surface area contributed by atoms with Crippen LogP contribution in [0.4, 0.5) is 0 Å². The number of aryl methyl sites for hydroxylation is 2. The molecule has 1 aromatic heterocycles. The average molecular weight is 362 g/mol. The van der Waals surface area contributed by atoms with E-state index in [1.54, 1.807) is 0 Å². The Labute approximate surface area is 154 Å². The fraction of sp³-hybridized carbons (Fsp3) is 0.722. The van der Waals surface area contributed by atoms with Crippen molar-refractivity contribution in [3.05, 3.63) is 17.0 Å². The van der Waals surface area contributed by atoms with E-state index in [0.717, 1.165) is 49.3 Å². The molecular formula is C18H30N6O2. The van der Waals surface area contributed by atoms with Crippen LogP contribution in [0, 0.1) is 13.8 Å². The molecule has 2 unspecified atom stereocenters. The molecule has 2 amide bonds. The van der Waals surface area contributed by atoms with E-state index in [2.05, 4.69) is 31.0 Å². The number of piperidine rings is 1. The summed E-state index contributed by atoms with van der Waals surface area (Å²) in [6, 6.07) is 0.406. The Balaban J connectivity index is 1.41. The van der Waals surface area contributed by atoms with E-state index < -0.39 is 0 Å². The van der Waals surface area contributed by atoms with Crippen LogP contribution in [0.1, 0.15) is 49.6 Å². The summed E-state index contributed by atoms with van der Waals surface area (Å²) in [5.41, 5.74) is 3.16. The van der Waals surface area contributed by atoms with E-state index in [-0.39, 0.29) is 30.2 Å². The van der Waals surface area contributed by atoms with Gasteiger partial charge in [-0.25, -0.2) is 0 Å². The van der Waals surface area contributed by atoms with Crippen molar-refractivity contribution in [2.45, 2.75) is 71.2 Å². The first-order valence-corrected chi connectivity index (χ1v) is 9.51. The lowest BCUT2D eigenvalue weighted by molar-refractivity contribution is -0.127. The number of carbonyl (C=O) groups excluding carboxylic acids is 2. The Morgan fingerprint density at radius 1 is 1.31 bits per heavy atom. The van der Waals surface area contributed by atoms with Crippen LogP contribution >= 0.6 is 0 Å². The molecule has 8 heteroatoms. The smallest absolute Gasteiger partial charge is 0.223 e. The van der Waals surface area contributed by atoms with Crippen LogP contribution in [0.25, 0.3) is 0 Å². The van der Waals surface area contributed by atoms with Crippen molar-refractivity contribution in [3.63, 3.8) is 0 Å². The van der Waals surface area contributed by atoms with Crippen molar-refractivity contribution in [2.75, 3.05) is 13.1 Å². The third-order valence-corrected chi connectivity index (χ3v) is 5.37. The minimum Gasteiger partial charge on any atom is -0.353 e. The lowest BCUT2D eigenvalue weighted by Crippen LogP contribution is -2.65. The molecule has 2 atom stereocenters. The third kappa shape index (κ3) is 4.62. The highest BCUT2D eigenvalue weighted by molar-refractivity contribution is 5.77. The van der Waals surface area contributed by atoms with Crippen molar-refractivity contribution in [2.24, 2.45) is 0 Å². The van der Waals surface area contributed by atoms with Gasteiger partial charge in [-0.2, -0.15) is 5.10 Å². The van der Waals surface area contributed by atoms with Gasteiger partial charge in [0.1, 0.15) is 6.29 Å². The second-order valence-electron chi connectivity index (χ2n) is 7.53. The molecule has 26 heavy (non-hydrogen) atoms. The summed E-state index contributed by atoms with van der Waals surface area (Å²) in [4.78, 5) is 26.2. The molecule has 3 heterocycles. The van der Waals surface area contributed by atoms with Crippen molar-refractivity contribution in [3.8, 4) is 0 Å². The molecule has 0 saturated carbocycles. The second-order valence-corrected chi connectivity index (χ2v) is 7.53. The highest BCUT2D eigenvalue weighted by atomic mass is 16.2. The first-order chi connectivity index (χ1) is 12.4. The Kier molecular flexibility index (Phi) is 5.93. The lowest BCUT2D eigenvalue weighted by atomic mass is 10.0. The molecule has 144 valence electrons. The Morgan fingerprint density at radius 2 is 2.04 bits per heavy atom. The largest absolute Gasteiger partial charge is 0.353 e. The van der Waals surface area contributed by atoms with E-state index in [1.807, 2.05) is 20.8 Å². The van der Waals surface area contributed by atoms with E-state index in [0.29, 0.717) is 12.8 Å². The van der Waals surface area contributed by atoms with Crippen molar-refractivity contribution in [1.29, 1.82) is 0 Å². The van der Waals surface area contributed by atoms with Crippen molar-refractivity contribution < 1.29 is 9.59 Å². The third-order valence-electron chi connectivity index (χ3n) is 5.37. The topological polar surface area (TPSA) is 102 Å². The summed E-state index contributed by atoms with van der Waals surface area (Å²) in [6.45, 7) is 7.70. The van der Waals surface area contributed by atoms with E-state index >= 15 is 0 Å². The number of hydrogen-bond acceptors (Lipinski definition) is 5. The number of hydrogen-bond donors (Lipinski definition) is 4. The molecule has 0 aromatic carbocycles. The minimum atomic E-state index is -0.0880. The van der Waals surface area contributed by atoms with E-state index in [4.69, 9.17) is 0 Å². The van der Waals surface area contributed by atoms with Crippen LogP contribution in [0.2, 0.25) is 0 Å². The molecule has 4 N–H and O–H groups in total. The Bertz CT molecular complexity index is 631. The Morgan fingerprint density at radius 3 is 2.65 bits per heavy atom. The van der Waals surface area contributed by atoms with Crippen LogP contribution in [-0.2, 0) is 16.0 Å². The fourth-order valence-corrected chi connectivity index (χ4v) is 3.84. The molecule has 0 spiro atoms. The van der Waals surface area contributed by atoms with Crippen LogP contribution in [0.5, 0.6) is 0 Å². The van der Waals surface area contributed by atoms with Crippen LogP contribution in [0.3, 0.4) is 0 Å². The molecule has 2 fully saturated rings. The molecule has 2 aliphatic heterocycles. The number of nitrogens with zero attached hydrogens (tertiary/aromatic N) is 2. The van der Waals surface area contributed by atoms with Gasteiger partial charge in [-0.05, 0) is 45.6 Å². The zero-order chi connectivity index (χ0) is 18.7. The van der Waals surface area contributed by atoms with Crippen LogP contribution in [-0.4, -0.2) is 58.4 Å². The SMILES string of the molecule is Cc1n[nH]c(C)c1CCC(=O)NC1CCN(C2NC(=O)CC(C)N2)CC1. The zero-order valence-corrected chi connectivity index (χ0v) is 15.9. The molecule has 2 saturated heterocycles. The molecule has 3 rings (SSSR count). The summed E-state index contributed by atoms with van der Waals surface area (Å²) in [5.74, 6) is 0.197. The first-order valence-electron chi connectivity index (χ1n) is 9.51. The van der Waals surface area contributed by atoms with Gasteiger partial charge in [0.2, 0.25) is 11.8 Å². The first kappa shape index (κ1) is 18.8. The number of aromatic amines is 1. The minimum absolute atomic E-state index is 0.0880. The number of rotatable bonds is 5. The lowest BCUT2D eigenvalue weighted by Gasteiger charge is -2.41. The quantitative estimate of drug-likeness (QED) is 0.604. The molecule has 2 aliphatic rings. The van der Waals surface area contributed by atoms with E-state index in [1.165, 1.54) is 0 Å². The summed E-state index contributed by atoms with van der Waals surface area (Å²) in [7, 11) is 0. The van der Waals surface area contributed by atoms with E-state index in [9.17, 15) is 9.59 Å². The highest BCUT2D eigenvalue weighted by Crippen LogP contribution is 2.15. The molecule has 0 bridgehead atoms. The maximum absolute atomic E-state index is 12.3. The number of H-pyrrole nitrogens is 1. The molecule has 0 aliphatic carbocycles. The number of carbonyl (C=O) groups is 2. The predicted octanol–water partition coefficient (Wildman–Crippen LogP) is 0.321. The maximum atomic E-state index is 12.3. The molecule has 0 radical (unpaired) electrons. The predicted molar refractivity (Wildman–Crippen MR) is 98.3 cm³/mol. The number of nitrogens with one attached hydrogen (secondary N) is 4. The maximum Gasteiger partial charge on any atom is 0.223 e. The van der Waals surface area contributed by atoms with Gasteiger partial charge in [-0.1, -0.05) is 0 Å². The number of amides is 2. The van der Waals surface area contributed by atoms with Gasteiger partial charge >= 0.3 is 0 Å². The molecule has 8 nitrogen and oxygen atoms in total. The van der Waals surface area contributed by atoms with Gasteiger partial charge in [0, 0.05) is 43.7 Å². The average Bonchev–Trinajstić information content (AvgIpc) is 2.91.